The number of rotatable bonds is 16. The minimum atomic E-state index is -0.660. The van der Waals surface area contributed by atoms with Crippen LogP contribution in [0.4, 0.5) is 10.5 Å². The first-order valence-corrected chi connectivity index (χ1v) is 15.4. The predicted molar refractivity (Wildman–Crippen MR) is 157 cm³/mol. The van der Waals surface area contributed by atoms with E-state index in [9.17, 15) is 39.2 Å². The molecule has 0 saturated carbocycles. The number of imide groups is 1. The lowest BCUT2D eigenvalue weighted by atomic mass is 10.0. The highest BCUT2D eigenvalue weighted by Crippen LogP contribution is 2.33. The number of hydrogen-bond donors (Lipinski definition) is 5. The number of fused-ring (bicyclic) bond motifs is 1. The summed E-state index contributed by atoms with van der Waals surface area (Å²) in [6.45, 7) is -0.152. The van der Waals surface area contributed by atoms with Gasteiger partial charge in [0.05, 0.1) is 29.2 Å². The molecule has 0 radical (unpaired) electrons. The highest BCUT2D eigenvalue weighted by atomic mass is 32.2. The van der Waals surface area contributed by atoms with Crippen molar-refractivity contribution in [1.29, 1.82) is 0 Å². The van der Waals surface area contributed by atoms with E-state index < -0.39 is 17.4 Å². The van der Waals surface area contributed by atoms with Gasteiger partial charge in [-0.05, 0) is 44.2 Å². The fourth-order valence-electron chi connectivity index (χ4n) is 5.48. The van der Waals surface area contributed by atoms with Gasteiger partial charge in [-0.3, -0.25) is 34.2 Å². The van der Waals surface area contributed by atoms with Gasteiger partial charge in [-0.1, -0.05) is 6.42 Å². The van der Waals surface area contributed by atoms with Crippen LogP contribution in [0.2, 0.25) is 0 Å². The molecule has 0 aromatic heterocycles. The van der Waals surface area contributed by atoms with Crippen LogP contribution in [0.15, 0.2) is 30.4 Å². The largest absolute Gasteiger partial charge is 0.391 e. The maximum absolute atomic E-state index is 12.8. The molecule has 5 N–H and O–H groups in total. The highest BCUT2D eigenvalue weighted by molar-refractivity contribution is 8.00. The Morgan fingerprint density at radius 2 is 1.88 bits per heavy atom. The summed E-state index contributed by atoms with van der Waals surface area (Å²) in [6.07, 6.45) is 6.42. The van der Waals surface area contributed by atoms with Gasteiger partial charge in [-0.15, -0.1) is 0 Å². The molecule has 43 heavy (non-hydrogen) atoms. The lowest BCUT2D eigenvalue weighted by molar-refractivity contribution is -0.385. The molecular formula is C28H36N6O8S. The number of nitro groups is 1. The van der Waals surface area contributed by atoms with E-state index in [0.717, 1.165) is 29.6 Å². The van der Waals surface area contributed by atoms with Crippen LogP contribution in [0, 0.1) is 10.1 Å². The summed E-state index contributed by atoms with van der Waals surface area (Å²) >= 11 is 1.83. The van der Waals surface area contributed by atoms with Crippen LogP contribution in [0.25, 0.3) is 0 Å². The summed E-state index contributed by atoms with van der Waals surface area (Å²) in [5, 5.41) is 32.5. The van der Waals surface area contributed by atoms with E-state index in [1.807, 2.05) is 11.8 Å². The van der Waals surface area contributed by atoms with Crippen LogP contribution >= 0.6 is 11.8 Å². The van der Waals surface area contributed by atoms with E-state index in [0.29, 0.717) is 37.4 Å². The molecule has 0 spiro atoms. The van der Waals surface area contributed by atoms with E-state index >= 15 is 0 Å². The van der Waals surface area contributed by atoms with Gasteiger partial charge in [0.15, 0.2) is 0 Å². The molecule has 15 heteroatoms. The number of amides is 6. The predicted octanol–water partition coefficient (Wildman–Crippen LogP) is 1.12. The maximum Gasteiger partial charge on any atom is 0.315 e. The van der Waals surface area contributed by atoms with E-state index in [-0.39, 0.29) is 71.8 Å². The van der Waals surface area contributed by atoms with Gasteiger partial charge in [0.2, 0.25) is 5.91 Å². The third-order valence-electron chi connectivity index (χ3n) is 7.77. The number of nitrogens with zero attached hydrogens (tertiary/aromatic N) is 2. The van der Waals surface area contributed by atoms with E-state index in [1.54, 1.807) is 0 Å². The fourth-order valence-corrected chi connectivity index (χ4v) is 7.02. The third-order valence-corrected chi connectivity index (χ3v) is 9.28. The molecule has 2 fully saturated rings. The minimum Gasteiger partial charge on any atom is -0.391 e. The molecule has 4 atom stereocenters. The maximum atomic E-state index is 12.8. The number of carbonyl (C=O) groups excluding carboxylic acids is 5. The highest BCUT2D eigenvalue weighted by Gasteiger charge is 2.42. The van der Waals surface area contributed by atoms with Crippen molar-refractivity contribution in [3.63, 3.8) is 0 Å². The molecule has 1 aromatic rings. The molecule has 2 saturated heterocycles. The third kappa shape index (κ3) is 8.54. The summed E-state index contributed by atoms with van der Waals surface area (Å²) in [6, 6.07) is 3.64. The monoisotopic (exact) mass is 616 g/mol. The summed E-state index contributed by atoms with van der Waals surface area (Å²) < 4.78 is 0. The fraction of sp³-hybridized carbons (Fsp3) is 0.536. The Morgan fingerprint density at radius 3 is 2.60 bits per heavy atom. The zero-order valence-electron chi connectivity index (χ0n) is 23.6. The van der Waals surface area contributed by atoms with Gasteiger partial charge in [0.1, 0.15) is 0 Å². The lowest BCUT2D eigenvalue weighted by Crippen LogP contribution is -2.39. The van der Waals surface area contributed by atoms with Crippen molar-refractivity contribution in [3.8, 4) is 0 Å². The molecule has 1 aromatic carbocycles. The van der Waals surface area contributed by atoms with Crippen molar-refractivity contribution in [1.82, 2.24) is 26.2 Å². The first-order chi connectivity index (χ1) is 20.7. The molecule has 3 aliphatic rings. The van der Waals surface area contributed by atoms with Gasteiger partial charge < -0.3 is 26.4 Å². The van der Waals surface area contributed by atoms with Crippen molar-refractivity contribution in [2.45, 2.75) is 74.9 Å². The second-order valence-corrected chi connectivity index (χ2v) is 12.0. The number of nitro benzene ring substituents is 1. The Morgan fingerprint density at radius 1 is 1.12 bits per heavy atom. The Labute approximate surface area is 252 Å². The van der Waals surface area contributed by atoms with Crippen molar-refractivity contribution in [3.05, 3.63) is 51.6 Å². The van der Waals surface area contributed by atoms with Crippen LogP contribution < -0.4 is 21.3 Å². The summed E-state index contributed by atoms with van der Waals surface area (Å²) in [5.74, 6) is -0.549. The molecule has 4 unspecified atom stereocenters. The topological polar surface area (TPSA) is 200 Å². The number of nitrogens with one attached hydrogen (secondary N) is 4. The Bertz CT molecular complexity index is 1270. The quantitative estimate of drug-likeness (QED) is 0.0593. The number of carbonyl (C=O) groups is 5. The Hall–Kier alpha value is -3.98. The SMILES string of the molecule is O=C(CCCCC1SCC2NC(=O)NC21)NC(CCCN1C(=O)C=CC1=O)CCNC(=O)c1ccc(CO)c([N+](=O)[O-])c1. The van der Waals surface area contributed by atoms with Crippen LogP contribution in [-0.4, -0.2) is 86.8 Å². The molecular weight excluding hydrogens is 580 g/mol. The Kier molecular flexibility index (Phi) is 11.1. The standard InChI is InChI=1S/C28H36N6O8S/c35-15-18-8-7-17(14-21(18)34(41)42)27(39)29-12-11-19(4-3-13-33-24(37)9-10-25(33)38)30-23(36)6-2-1-5-22-26-20(16-43-22)31-28(40)32-26/h7-10,14,19-20,22,26,35H,1-6,11-13,15-16H2,(H,29,39)(H,30,36)(H2,31,32,40). The van der Waals surface area contributed by atoms with Crippen LogP contribution in [-0.2, 0) is 21.0 Å². The molecule has 3 aliphatic heterocycles. The number of aliphatic hydroxyl groups excluding tert-OH is 1. The number of unbranched alkanes of at least 4 members (excludes halogenated alkanes) is 1. The van der Waals surface area contributed by atoms with E-state index in [2.05, 4.69) is 21.3 Å². The number of thioether (sulfide) groups is 1. The van der Waals surface area contributed by atoms with Gasteiger partial charge in [0.25, 0.3) is 23.4 Å². The molecule has 6 amide bonds. The first-order valence-electron chi connectivity index (χ1n) is 14.3. The molecule has 14 nitrogen and oxygen atoms in total. The molecule has 3 heterocycles. The zero-order chi connectivity index (χ0) is 30.9. The van der Waals surface area contributed by atoms with Crippen LogP contribution in [0.1, 0.15) is 60.9 Å². The normalized spacial score (nSPS) is 21.4. The summed E-state index contributed by atoms with van der Waals surface area (Å²) in [4.78, 5) is 72.5. The second kappa shape index (κ2) is 15.0. The van der Waals surface area contributed by atoms with Crippen LogP contribution in [0.3, 0.4) is 0 Å². The summed E-state index contributed by atoms with van der Waals surface area (Å²) in [7, 11) is 0. The van der Waals surface area contributed by atoms with Crippen molar-refractivity contribution in [2.75, 3.05) is 18.8 Å². The average molecular weight is 617 g/mol. The zero-order valence-corrected chi connectivity index (χ0v) is 24.4. The van der Waals surface area contributed by atoms with Crippen LogP contribution in [0.5, 0.6) is 0 Å². The van der Waals surface area contributed by atoms with Crippen molar-refractivity contribution >= 4 is 47.1 Å². The van der Waals surface area contributed by atoms with E-state index in [1.165, 1.54) is 24.3 Å². The number of aliphatic hydroxyl groups is 1. The molecule has 232 valence electrons. The first kappa shape index (κ1) is 31.9. The van der Waals surface area contributed by atoms with Gasteiger partial charge in [-0.2, -0.15) is 11.8 Å². The molecule has 4 rings (SSSR count). The van der Waals surface area contributed by atoms with Gasteiger partial charge in [0, 0.05) is 60.3 Å². The lowest BCUT2D eigenvalue weighted by Gasteiger charge is -2.21. The second-order valence-electron chi connectivity index (χ2n) is 10.7. The number of urea groups is 1. The van der Waals surface area contributed by atoms with Gasteiger partial charge in [-0.25, -0.2) is 4.79 Å². The van der Waals surface area contributed by atoms with Gasteiger partial charge >= 0.3 is 6.03 Å². The molecule has 0 bridgehead atoms. The number of hydrogen-bond acceptors (Lipinski definition) is 9. The smallest absolute Gasteiger partial charge is 0.315 e. The molecule has 0 aliphatic carbocycles. The minimum absolute atomic E-state index is 0.0720. The summed E-state index contributed by atoms with van der Waals surface area (Å²) in [5.41, 5.74) is -0.178. The van der Waals surface area contributed by atoms with Crippen molar-refractivity contribution in [2.24, 2.45) is 0 Å². The average Bonchev–Trinajstić information content (AvgIpc) is 3.64. The number of benzene rings is 1. The Balaban J connectivity index is 1.25. The van der Waals surface area contributed by atoms with Crippen molar-refractivity contribution < 1.29 is 34.0 Å². The van der Waals surface area contributed by atoms with E-state index in [4.69, 9.17) is 0 Å².